The molecule has 1 unspecified atom stereocenters. The standard InChI is InChI=1S/C26H39FN2O2.2ClH/c27-24-3-1-20(2-4-24)17-28-6-8-29(9-7-28)18-25(30)19-31-10-5-26-14-21-11-22(15-26)13-23(12-21)16-26;;/h1-4,21-23,25,30H,5-19H2;2*1H. The molecular weight excluding hydrogens is 462 g/mol. The van der Waals surface area contributed by atoms with Gasteiger partial charge in [-0.3, -0.25) is 9.80 Å². The number of β-amino-alcohol motifs (C(OH)–C–C–N with tert-alkyl or cyclic N) is 1. The van der Waals surface area contributed by atoms with Gasteiger partial charge in [0.2, 0.25) is 0 Å². The number of hydrogen-bond donors (Lipinski definition) is 1. The Morgan fingerprint density at radius 3 is 2.03 bits per heavy atom. The van der Waals surface area contributed by atoms with Crippen molar-refractivity contribution in [1.82, 2.24) is 9.80 Å². The largest absolute Gasteiger partial charge is 0.389 e. The number of halogens is 3. The third-order valence-electron chi connectivity index (χ3n) is 8.51. The van der Waals surface area contributed by atoms with Gasteiger partial charge in [-0.1, -0.05) is 12.1 Å². The molecule has 188 valence electrons. The van der Waals surface area contributed by atoms with E-state index in [0.29, 0.717) is 18.6 Å². The van der Waals surface area contributed by atoms with Gasteiger partial charge in [0.05, 0.1) is 12.7 Å². The molecule has 0 amide bonds. The average Bonchev–Trinajstić information content (AvgIpc) is 2.73. The second-order valence-corrected chi connectivity index (χ2v) is 11.1. The van der Waals surface area contributed by atoms with Crippen LogP contribution in [-0.4, -0.2) is 66.9 Å². The molecule has 0 radical (unpaired) electrons. The summed E-state index contributed by atoms with van der Waals surface area (Å²) in [5.41, 5.74) is 1.72. The minimum absolute atomic E-state index is 0. The quantitative estimate of drug-likeness (QED) is 0.493. The number of nitrogens with zero attached hydrogens (tertiary/aromatic N) is 2. The molecule has 1 heterocycles. The van der Waals surface area contributed by atoms with E-state index < -0.39 is 6.10 Å². The zero-order chi connectivity index (χ0) is 21.3. The molecule has 1 aliphatic heterocycles. The van der Waals surface area contributed by atoms with Crippen molar-refractivity contribution < 1.29 is 14.2 Å². The smallest absolute Gasteiger partial charge is 0.123 e. The molecule has 1 aromatic carbocycles. The fourth-order valence-electron chi connectivity index (χ4n) is 7.43. The number of piperazine rings is 1. The van der Waals surface area contributed by atoms with Gasteiger partial charge in [0.15, 0.2) is 0 Å². The van der Waals surface area contributed by atoms with E-state index in [9.17, 15) is 9.50 Å². The lowest BCUT2D eigenvalue weighted by Gasteiger charge is -2.57. The summed E-state index contributed by atoms with van der Waals surface area (Å²) in [6.45, 7) is 6.73. The van der Waals surface area contributed by atoms with Crippen LogP contribution in [0.25, 0.3) is 0 Å². The first-order valence-electron chi connectivity index (χ1n) is 12.5. The van der Waals surface area contributed by atoms with Crippen molar-refractivity contribution in [2.75, 3.05) is 45.9 Å². The maximum Gasteiger partial charge on any atom is 0.123 e. The molecule has 6 rings (SSSR count). The average molecular weight is 504 g/mol. The lowest BCUT2D eigenvalue weighted by molar-refractivity contribution is -0.0744. The first kappa shape index (κ1) is 27.2. The maximum absolute atomic E-state index is 13.1. The van der Waals surface area contributed by atoms with E-state index >= 15 is 0 Å². The number of hydrogen-bond acceptors (Lipinski definition) is 4. The summed E-state index contributed by atoms with van der Waals surface area (Å²) in [4.78, 5) is 4.74. The Bertz CT molecular complexity index is 692. The Morgan fingerprint density at radius 2 is 1.45 bits per heavy atom. The topological polar surface area (TPSA) is 35.9 Å². The van der Waals surface area contributed by atoms with E-state index in [1.807, 2.05) is 12.1 Å². The van der Waals surface area contributed by atoms with Crippen LogP contribution in [0.3, 0.4) is 0 Å². The van der Waals surface area contributed by atoms with Crippen LogP contribution in [0.2, 0.25) is 0 Å². The number of aliphatic hydroxyl groups is 1. The van der Waals surface area contributed by atoms with Gasteiger partial charge in [0.25, 0.3) is 0 Å². The monoisotopic (exact) mass is 502 g/mol. The summed E-state index contributed by atoms with van der Waals surface area (Å²) in [5, 5.41) is 10.5. The molecule has 7 heteroatoms. The molecule has 0 spiro atoms. The predicted octanol–water partition coefficient (Wildman–Crippen LogP) is 4.77. The van der Waals surface area contributed by atoms with Crippen LogP contribution in [-0.2, 0) is 11.3 Å². The Hall–Kier alpha value is -0.430. The van der Waals surface area contributed by atoms with E-state index in [0.717, 1.165) is 62.6 Å². The molecule has 0 aromatic heterocycles. The van der Waals surface area contributed by atoms with Gasteiger partial charge in [0.1, 0.15) is 5.82 Å². The molecule has 33 heavy (non-hydrogen) atoms. The number of rotatable bonds is 9. The van der Waals surface area contributed by atoms with Crippen LogP contribution in [0.15, 0.2) is 24.3 Å². The Kier molecular flexibility index (Phi) is 9.88. The van der Waals surface area contributed by atoms with Gasteiger partial charge in [-0.25, -0.2) is 4.39 Å². The molecule has 1 saturated heterocycles. The Balaban J connectivity index is 0.00000153. The van der Waals surface area contributed by atoms with Crippen molar-refractivity contribution >= 4 is 24.8 Å². The highest BCUT2D eigenvalue weighted by atomic mass is 35.5. The second kappa shape index (κ2) is 12.0. The van der Waals surface area contributed by atoms with Gasteiger partial charge in [-0.2, -0.15) is 0 Å². The fraction of sp³-hybridized carbons (Fsp3) is 0.769. The molecule has 4 nitrogen and oxygen atoms in total. The number of ether oxygens (including phenoxy) is 1. The van der Waals surface area contributed by atoms with Gasteiger partial charge in [-0.15, -0.1) is 24.8 Å². The van der Waals surface area contributed by atoms with Crippen molar-refractivity contribution in [3.63, 3.8) is 0 Å². The molecule has 4 saturated carbocycles. The summed E-state index contributed by atoms with van der Waals surface area (Å²) in [7, 11) is 0. The van der Waals surface area contributed by atoms with Crippen LogP contribution in [0.4, 0.5) is 4.39 Å². The number of aliphatic hydroxyl groups excluding tert-OH is 1. The Labute approximate surface area is 211 Å². The number of benzene rings is 1. The van der Waals surface area contributed by atoms with Crippen molar-refractivity contribution in [3.05, 3.63) is 35.6 Å². The SMILES string of the molecule is Cl.Cl.OC(COCCC12CC3CC(CC(C3)C1)C2)CN1CCN(Cc2ccc(F)cc2)CC1. The Morgan fingerprint density at radius 1 is 0.909 bits per heavy atom. The highest BCUT2D eigenvalue weighted by Crippen LogP contribution is 2.61. The van der Waals surface area contributed by atoms with E-state index in [2.05, 4.69) is 9.80 Å². The van der Waals surface area contributed by atoms with Crippen LogP contribution in [0, 0.1) is 29.0 Å². The minimum Gasteiger partial charge on any atom is -0.389 e. The highest BCUT2D eigenvalue weighted by molar-refractivity contribution is 5.85. The summed E-state index contributed by atoms with van der Waals surface area (Å²) in [5.74, 6) is 2.82. The summed E-state index contributed by atoms with van der Waals surface area (Å²) < 4.78 is 19.0. The zero-order valence-electron chi connectivity index (χ0n) is 19.7. The predicted molar refractivity (Wildman–Crippen MR) is 135 cm³/mol. The van der Waals surface area contributed by atoms with Gasteiger partial charge in [-0.05, 0) is 85.8 Å². The van der Waals surface area contributed by atoms with Crippen LogP contribution >= 0.6 is 24.8 Å². The van der Waals surface area contributed by atoms with Crippen molar-refractivity contribution in [1.29, 1.82) is 0 Å². The van der Waals surface area contributed by atoms with E-state index in [1.165, 1.54) is 57.1 Å². The van der Waals surface area contributed by atoms with Crippen molar-refractivity contribution in [2.24, 2.45) is 23.2 Å². The molecule has 5 aliphatic rings. The van der Waals surface area contributed by atoms with Gasteiger partial charge < -0.3 is 9.84 Å². The van der Waals surface area contributed by atoms with E-state index in [1.54, 1.807) is 0 Å². The fourth-order valence-corrected chi connectivity index (χ4v) is 7.43. The summed E-state index contributed by atoms with van der Waals surface area (Å²) in [6.07, 6.45) is 9.60. The highest BCUT2D eigenvalue weighted by Gasteiger charge is 2.50. The first-order chi connectivity index (χ1) is 15.1. The van der Waals surface area contributed by atoms with Crippen LogP contribution in [0.1, 0.15) is 50.5 Å². The molecule has 4 bridgehead atoms. The normalized spacial score (nSPS) is 32.2. The molecule has 5 fully saturated rings. The second-order valence-electron chi connectivity index (χ2n) is 11.1. The summed E-state index contributed by atoms with van der Waals surface area (Å²) >= 11 is 0. The van der Waals surface area contributed by atoms with Crippen molar-refractivity contribution in [3.8, 4) is 0 Å². The summed E-state index contributed by atoms with van der Waals surface area (Å²) in [6, 6.07) is 6.80. The molecule has 1 atom stereocenters. The van der Waals surface area contributed by atoms with E-state index in [4.69, 9.17) is 4.74 Å². The van der Waals surface area contributed by atoms with Crippen molar-refractivity contribution in [2.45, 2.75) is 57.6 Å². The van der Waals surface area contributed by atoms with Gasteiger partial charge >= 0.3 is 0 Å². The minimum atomic E-state index is -0.403. The molecule has 4 aliphatic carbocycles. The molecule has 1 aromatic rings. The first-order valence-corrected chi connectivity index (χ1v) is 12.5. The zero-order valence-corrected chi connectivity index (χ0v) is 21.3. The van der Waals surface area contributed by atoms with Gasteiger partial charge in [0, 0.05) is 45.9 Å². The van der Waals surface area contributed by atoms with E-state index in [-0.39, 0.29) is 30.6 Å². The molecule has 1 N–H and O–H groups in total. The van der Waals surface area contributed by atoms with Crippen LogP contribution < -0.4 is 0 Å². The lowest BCUT2D eigenvalue weighted by atomic mass is 9.49. The van der Waals surface area contributed by atoms with Crippen LogP contribution in [0.5, 0.6) is 0 Å². The third kappa shape index (κ3) is 7.05. The molecular formula is C26H41Cl2FN2O2. The third-order valence-corrected chi connectivity index (χ3v) is 8.51. The lowest BCUT2D eigenvalue weighted by Crippen LogP contribution is -2.48. The maximum atomic E-state index is 13.1.